The minimum absolute atomic E-state index is 0.0569. The van der Waals surface area contributed by atoms with Crippen molar-refractivity contribution in [2.45, 2.75) is 51.7 Å². The van der Waals surface area contributed by atoms with Crippen LogP contribution in [0.4, 0.5) is 15.3 Å². The Kier molecular flexibility index (Phi) is 7.62. The van der Waals surface area contributed by atoms with Gasteiger partial charge >= 0.3 is 12.1 Å². The number of imidazole rings is 1. The van der Waals surface area contributed by atoms with E-state index < -0.39 is 6.04 Å². The molecule has 11 nitrogen and oxygen atoms in total. The molecule has 1 atom stereocenters. The normalized spacial score (nSPS) is 16.0. The number of hydrogen-bond donors (Lipinski definition) is 3. The fourth-order valence-corrected chi connectivity index (χ4v) is 6.80. The predicted octanol–water partition coefficient (Wildman–Crippen LogP) is 5.92. The lowest BCUT2D eigenvalue weighted by Gasteiger charge is -2.40. The lowest BCUT2D eigenvalue weighted by atomic mass is 10.00. The molecule has 3 N–H and O–H groups in total. The van der Waals surface area contributed by atoms with Gasteiger partial charge in [0.25, 0.3) is 0 Å². The number of likely N-dealkylation sites (tertiary alicyclic amines) is 1. The zero-order valence-corrected chi connectivity index (χ0v) is 25.9. The molecule has 1 fully saturated rings. The van der Waals surface area contributed by atoms with Crippen molar-refractivity contribution >= 4 is 40.3 Å². The Balaban J connectivity index is 1.11. The van der Waals surface area contributed by atoms with E-state index in [1.807, 2.05) is 70.9 Å². The minimum Gasteiger partial charge on any atom is -0.328 e. The van der Waals surface area contributed by atoms with Crippen molar-refractivity contribution in [3.8, 4) is 5.69 Å². The Morgan fingerprint density at radius 1 is 1.13 bits per heavy atom. The van der Waals surface area contributed by atoms with Crippen molar-refractivity contribution in [3.63, 3.8) is 0 Å². The summed E-state index contributed by atoms with van der Waals surface area (Å²) in [4.78, 5) is 39.5. The van der Waals surface area contributed by atoms with Gasteiger partial charge in [0.1, 0.15) is 11.0 Å². The monoisotopic (exact) mass is 623 g/mol. The third kappa shape index (κ3) is 5.83. The Bertz CT molecular complexity index is 1870. The van der Waals surface area contributed by atoms with Crippen LogP contribution in [0, 0.1) is 13.8 Å². The van der Waals surface area contributed by atoms with E-state index in [0.29, 0.717) is 49.9 Å². The van der Waals surface area contributed by atoms with Crippen LogP contribution in [0.5, 0.6) is 0 Å². The van der Waals surface area contributed by atoms with Gasteiger partial charge in [-0.05, 0) is 74.1 Å². The molecule has 2 aliphatic rings. The highest BCUT2D eigenvalue weighted by molar-refractivity contribution is 6.29. The molecule has 4 amide bonds. The first-order valence-electron chi connectivity index (χ1n) is 15.1. The van der Waals surface area contributed by atoms with Gasteiger partial charge in [0.2, 0.25) is 0 Å². The Morgan fingerprint density at radius 2 is 1.96 bits per heavy atom. The van der Waals surface area contributed by atoms with Gasteiger partial charge in [-0.3, -0.25) is 5.10 Å². The summed E-state index contributed by atoms with van der Waals surface area (Å²) in [6, 6.07) is 15.2. The summed E-state index contributed by atoms with van der Waals surface area (Å²) in [5, 5.41) is 15.0. The van der Waals surface area contributed by atoms with E-state index in [4.69, 9.17) is 16.6 Å². The largest absolute Gasteiger partial charge is 0.328 e. The highest BCUT2D eigenvalue weighted by atomic mass is 35.5. The fraction of sp³-hybridized carbons (Fsp3) is 0.303. The molecular weight excluding hydrogens is 590 g/mol. The van der Waals surface area contributed by atoms with Crippen LogP contribution in [0.15, 0.2) is 67.1 Å². The number of para-hydroxylation sites is 1. The maximum absolute atomic E-state index is 13.8. The number of hydrogen-bond acceptors (Lipinski definition) is 5. The summed E-state index contributed by atoms with van der Waals surface area (Å²) in [6.45, 7) is 5.60. The summed E-state index contributed by atoms with van der Waals surface area (Å²) < 4.78 is 1.95. The van der Waals surface area contributed by atoms with Gasteiger partial charge in [-0.25, -0.2) is 19.6 Å². The molecule has 45 heavy (non-hydrogen) atoms. The van der Waals surface area contributed by atoms with Crippen molar-refractivity contribution in [1.82, 2.24) is 39.8 Å². The first-order valence-corrected chi connectivity index (χ1v) is 15.5. The number of nitrogens with one attached hydrogen (secondary N) is 3. The maximum Gasteiger partial charge on any atom is 0.322 e. The Morgan fingerprint density at radius 3 is 2.78 bits per heavy atom. The molecule has 1 unspecified atom stereocenters. The number of nitrogens with zero attached hydrogens (tertiary/aromatic N) is 6. The molecule has 5 aromatic rings. The number of H-pyrrole nitrogens is 1. The standard InChI is InChI=1S/C33H34ClN9O2/c1-20-13-22(15-24-18-36-40-30(20)24)16-28(31-35-9-12-42(31)26-14-21(2)37-29(34)17-26)39-32(44)41-10-7-25(8-11-41)43-19-23-5-3-4-6-27(23)38-33(43)45/h3-6,9,12-15,17-18,25,28H,7-8,10-11,16,19H2,1-2H3,(H,36,40)(H,38,45)(H,39,44). The smallest absolute Gasteiger partial charge is 0.322 e. The van der Waals surface area contributed by atoms with Gasteiger partial charge in [-0.15, -0.1) is 0 Å². The van der Waals surface area contributed by atoms with E-state index in [1.165, 1.54) is 0 Å². The number of aromatic amines is 1. The highest BCUT2D eigenvalue weighted by Gasteiger charge is 2.33. The maximum atomic E-state index is 13.8. The van der Waals surface area contributed by atoms with Crippen molar-refractivity contribution in [3.05, 3.63) is 100 Å². The van der Waals surface area contributed by atoms with Crippen molar-refractivity contribution in [1.29, 1.82) is 0 Å². The van der Waals surface area contributed by atoms with Crippen molar-refractivity contribution in [2.75, 3.05) is 18.4 Å². The van der Waals surface area contributed by atoms with Crippen LogP contribution in [0.2, 0.25) is 5.15 Å². The number of carbonyl (C=O) groups excluding carboxylic acids is 2. The van der Waals surface area contributed by atoms with Crippen molar-refractivity contribution < 1.29 is 9.59 Å². The molecule has 7 rings (SSSR count). The second-order valence-electron chi connectivity index (χ2n) is 11.8. The lowest BCUT2D eigenvalue weighted by molar-refractivity contribution is 0.127. The number of anilines is 1. The van der Waals surface area contributed by atoms with E-state index >= 15 is 0 Å². The molecule has 0 spiro atoms. The molecule has 0 bridgehead atoms. The number of urea groups is 2. The summed E-state index contributed by atoms with van der Waals surface area (Å²) in [7, 11) is 0. The molecule has 0 saturated carbocycles. The van der Waals surface area contributed by atoms with E-state index in [9.17, 15) is 9.59 Å². The number of benzene rings is 2. The zero-order valence-electron chi connectivity index (χ0n) is 25.1. The molecule has 2 aliphatic heterocycles. The predicted molar refractivity (Wildman–Crippen MR) is 173 cm³/mol. The minimum atomic E-state index is -0.439. The Labute approximate surface area is 265 Å². The molecule has 3 aromatic heterocycles. The molecule has 230 valence electrons. The number of carbonyl (C=O) groups is 2. The van der Waals surface area contributed by atoms with Gasteiger partial charge in [-0.2, -0.15) is 5.10 Å². The number of rotatable bonds is 6. The summed E-state index contributed by atoms with van der Waals surface area (Å²) in [5.74, 6) is 0.688. The Hall–Kier alpha value is -4.90. The number of pyridine rings is 1. The first-order chi connectivity index (χ1) is 21.8. The molecular formula is C33H34ClN9O2. The highest BCUT2D eigenvalue weighted by Crippen LogP contribution is 2.29. The van der Waals surface area contributed by atoms with Gasteiger partial charge in [-0.1, -0.05) is 35.9 Å². The molecule has 1 saturated heterocycles. The van der Waals surface area contributed by atoms with Crippen LogP contribution in [0.25, 0.3) is 16.6 Å². The lowest BCUT2D eigenvalue weighted by Crippen LogP contribution is -2.53. The van der Waals surface area contributed by atoms with E-state index in [2.05, 4.69) is 37.9 Å². The molecule has 0 aliphatic carbocycles. The topological polar surface area (TPSA) is 124 Å². The molecule has 2 aromatic carbocycles. The summed E-state index contributed by atoms with van der Waals surface area (Å²) in [5.41, 5.74) is 6.71. The summed E-state index contributed by atoms with van der Waals surface area (Å²) in [6.07, 6.45) is 7.34. The van der Waals surface area contributed by atoms with Crippen LogP contribution in [-0.4, -0.2) is 65.7 Å². The van der Waals surface area contributed by atoms with Crippen molar-refractivity contribution in [2.24, 2.45) is 0 Å². The average Bonchev–Trinajstić information content (AvgIpc) is 3.71. The number of aromatic nitrogens is 5. The second-order valence-corrected chi connectivity index (χ2v) is 12.2. The number of piperidine rings is 1. The van der Waals surface area contributed by atoms with Crippen LogP contribution in [0.3, 0.4) is 0 Å². The fourth-order valence-electron chi connectivity index (χ4n) is 6.55. The van der Waals surface area contributed by atoms with Crippen LogP contribution < -0.4 is 10.6 Å². The van der Waals surface area contributed by atoms with Gasteiger partial charge in [0.05, 0.1) is 23.4 Å². The number of aryl methyl sites for hydroxylation is 2. The third-order valence-corrected chi connectivity index (χ3v) is 8.96. The zero-order chi connectivity index (χ0) is 31.1. The number of amides is 4. The summed E-state index contributed by atoms with van der Waals surface area (Å²) >= 11 is 6.32. The van der Waals surface area contributed by atoms with Crippen LogP contribution >= 0.6 is 11.6 Å². The average molecular weight is 624 g/mol. The first kappa shape index (κ1) is 28.8. The van der Waals surface area contributed by atoms with E-state index in [1.54, 1.807) is 12.3 Å². The van der Waals surface area contributed by atoms with Crippen LogP contribution in [0.1, 0.15) is 47.1 Å². The van der Waals surface area contributed by atoms with Gasteiger partial charge < -0.3 is 25.0 Å². The number of halogens is 1. The quantitative estimate of drug-likeness (QED) is 0.203. The van der Waals surface area contributed by atoms with Gasteiger partial charge in [0, 0.05) is 54.8 Å². The molecule has 0 radical (unpaired) electrons. The molecule has 5 heterocycles. The number of fused-ring (bicyclic) bond motifs is 2. The molecule has 12 heteroatoms. The van der Waals surface area contributed by atoms with E-state index in [-0.39, 0.29) is 18.1 Å². The van der Waals surface area contributed by atoms with Gasteiger partial charge in [0.15, 0.2) is 0 Å². The third-order valence-electron chi connectivity index (χ3n) is 8.76. The van der Waals surface area contributed by atoms with Crippen LogP contribution in [-0.2, 0) is 13.0 Å². The van der Waals surface area contributed by atoms with E-state index in [0.717, 1.165) is 44.7 Å². The SMILES string of the molecule is Cc1cc(-n2ccnc2C(Cc2cc(C)c3[nH]ncc3c2)NC(=O)N2CCC(N3Cc4ccccc4NC3=O)CC2)cc(Cl)n1. The second kappa shape index (κ2) is 11.9.